The summed E-state index contributed by atoms with van der Waals surface area (Å²) in [5.41, 5.74) is -0.796. The number of hydrogen-bond donors (Lipinski definition) is 1. The van der Waals surface area contributed by atoms with E-state index in [0.29, 0.717) is 5.02 Å². The normalized spacial score (nSPS) is 11.9. The fourth-order valence-corrected chi connectivity index (χ4v) is 3.34. The molecule has 0 aliphatic rings. The second kappa shape index (κ2) is 8.62. The lowest BCUT2D eigenvalue weighted by Crippen LogP contribution is -2.33. The SMILES string of the molecule is O=C(CS(=O)(=O)c1ccc(Cl)cc1)NCCOc1ccc(C(F)(F)F)cc1. The molecule has 0 atom stereocenters. The van der Waals surface area contributed by atoms with Crippen molar-refractivity contribution < 1.29 is 31.1 Å². The molecule has 2 rings (SSSR count). The molecule has 27 heavy (non-hydrogen) atoms. The van der Waals surface area contributed by atoms with Crippen LogP contribution in [0.15, 0.2) is 53.4 Å². The van der Waals surface area contributed by atoms with Crippen LogP contribution < -0.4 is 10.1 Å². The molecule has 0 saturated carbocycles. The van der Waals surface area contributed by atoms with E-state index in [1.165, 1.54) is 24.3 Å². The number of hydrogen-bond acceptors (Lipinski definition) is 4. The molecule has 0 saturated heterocycles. The van der Waals surface area contributed by atoms with Gasteiger partial charge < -0.3 is 10.1 Å². The summed E-state index contributed by atoms with van der Waals surface area (Å²) in [7, 11) is -3.80. The minimum absolute atomic E-state index is 0.00397. The Morgan fingerprint density at radius 2 is 1.63 bits per heavy atom. The zero-order valence-electron chi connectivity index (χ0n) is 13.8. The number of sulfone groups is 1. The maximum atomic E-state index is 12.4. The van der Waals surface area contributed by atoms with Crippen molar-refractivity contribution in [2.45, 2.75) is 11.1 Å². The van der Waals surface area contributed by atoms with E-state index in [1.807, 2.05) is 0 Å². The molecule has 0 aliphatic heterocycles. The van der Waals surface area contributed by atoms with Crippen LogP contribution in [0.4, 0.5) is 13.2 Å². The Morgan fingerprint density at radius 1 is 1.04 bits per heavy atom. The zero-order valence-corrected chi connectivity index (χ0v) is 15.4. The van der Waals surface area contributed by atoms with E-state index in [0.717, 1.165) is 24.3 Å². The molecular formula is C17H15ClF3NO4S. The highest BCUT2D eigenvalue weighted by molar-refractivity contribution is 7.92. The maximum absolute atomic E-state index is 12.4. The van der Waals surface area contributed by atoms with Gasteiger partial charge in [0.2, 0.25) is 5.91 Å². The van der Waals surface area contributed by atoms with Crippen LogP contribution in [0.25, 0.3) is 0 Å². The number of alkyl halides is 3. The lowest BCUT2D eigenvalue weighted by molar-refractivity contribution is -0.137. The first-order valence-corrected chi connectivity index (χ1v) is 9.66. The summed E-state index contributed by atoms with van der Waals surface area (Å²) in [5.74, 6) is -1.26. The van der Waals surface area contributed by atoms with Gasteiger partial charge in [-0.3, -0.25) is 4.79 Å². The van der Waals surface area contributed by atoms with Crippen LogP contribution in [-0.2, 0) is 20.8 Å². The van der Waals surface area contributed by atoms with Crippen molar-refractivity contribution in [2.75, 3.05) is 18.9 Å². The second-order valence-corrected chi connectivity index (χ2v) is 7.86. The number of nitrogens with one attached hydrogen (secondary N) is 1. The predicted octanol–water partition coefficient (Wildman–Crippen LogP) is 3.33. The fraction of sp³-hybridized carbons (Fsp3) is 0.235. The van der Waals surface area contributed by atoms with Crippen LogP contribution in [0.2, 0.25) is 5.02 Å². The summed E-state index contributed by atoms with van der Waals surface area (Å²) in [5, 5.41) is 2.75. The minimum Gasteiger partial charge on any atom is -0.492 e. The molecule has 1 N–H and O–H groups in total. The summed E-state index contributed by atoms with van der Waals surface area (Å²) in [6.07, 6.45) is -4.43. The second-order valence-electron chi connectivity index (χ2n) is 5.43. The van der Waals surface area contributed by atoms with Crippen LogP contribution in [0.5, 0.6) is 5.75 Å². The van der Waals surface area contributed by atoms with Crippen molar-refractivity contribution >= 4 is 27.3 Å². The predicted molar refractivity (Wildman–Crippen MR) is 93.5 cm³/mol. The van der Waals surface area contributed by atoms with Crippen LogP contribution in [0.3, 0.4) is 0 Å². The quantitative estimate of drug-likeness (QED) is 0.696. The molecule has 0 bridgehead atoms. The van der Waals surface area contributed by atoms with Crippen LogP contribution in [0.1, 0.15) is 5.56 Å². The third-order valence-corrected chi connectivity index (χ3v) is 5.25. The van der Waals surface area contributed by atoms with Crippen molar-refractivity contribution in [3.63, 3.8) is 0 Å². The first-order chi connectivity index (χ1) is 12.6. The molecule has 0 unspecified atom stereocenters. The minimum atomic E-state index is -4.43. The number of amides is 1. The van der Waals surface area contributed by atoms with E-state index >= 15 is 0 Å². The van der Waals surface area contributed by atoms with Gasteiger partial charge in [0.15, 0.2) is 9.84 Å². The van der Waals surface area contributed by atoms with Gasteiger partial charge in [0.05, 0.1) is 17.0 Å². The number of carbonyl (C=O) groups excluding carboxylic acids is 1. The number of carbonyl (C=O) groups is 1. The third-order valence-electron chi connectivity index (χ3n) is 3.37. The summed E-state index contributed by atoms with van der Waals surface area (Å²) >= 11 is 5.69. The molecule has 5 nitrogen and oxygen atoms in total. The summed E-state index contributed by atoms with van der Waals surface area (Å²) < 4.78 is 66.7. The van der Waals surface area contributed by atoms with E-state index in [1.54, 1.807) is 0 Å². The number of benzene rings is 2. The van der Waals surface area contributed by atoms with Crippen molar-refractivity contribution in [3.05, 3.63) is 59.1 Å². The molecule has 146 valence electrons. The summed E-state index contributed by atoms with van der Waals surface area (Å²) in [6, 6.07) is 9.51. The molecule has 2 aromatic carbocycles. The molecule has 0 radical (unpaired) electrons. The summed E-state index contributed by atoms with van der Waals surface area (Å²) in [4.78, 5) is 11.7. The highest BCUT2D eigenvalue weighted by Gasteiger charge is 2.30. The molecule has 2 aromatic rings. The van der Waals surface area contributed by atoms with Gasteiger partial charge in [0, 0.05) is 5.02 Å². The Balaban J connectivity index is 1.78. The van der Waals surface area contributed by atoms with E-state index in [2.05, 4.69) is 5.32 Å². The van der Waals surface area contributed by atoms with Crippen LogP contribution in [0, 0.1) is 0 Å². The molecule has 0 heterocycles. The Hall–Kier alpha value is -2.26. The lowest BCUT2D eigenvalue weighted by atomic mass is 10.2. The van der Waals surface area contributed by atoms with Gasteiger partial charge in [0.1, 0.15) is 18.1 Å². The zero-order chi connectivity index (χ0) is 20.1. The average molecular weight is 422 g/mol. The van der Waals surface area contributed by atoms with Crippen molar-refractivity contribution in [1.82, 2.24) is 5.32 Å². The Labute approximate surface area is 159 Å². The number of halogens is 4. The highest BCUT2D eigenvalue weighted by atomic mass is 35.5. The standard InChI is InChI=1S/C17H15ClF3NO4S/c18-13-3-7-15(8-4-13)27(24,25)11-16(23)22-9-10-26-14-5-1-12(2-6-14)17(19,20)21/h1-8H,9-11H2,(H,22,23). The summed E-state index contributed by atoms with van der Waals surface area (Å²) in [6.45, 7) is -0.0336. The monoisotopic (exact) mass is 421 g/mol. The lowest BCUT2D eigenvalue weighted by Gasteiger charge is -2.10. The van der Waals surface area contributed by atoms with Crippen molar-refractivity contribution in [1.29, 1.82) is 0 Å². The fourth-order valence-electron chi connectivity index (χ4n) is 2.05. The Kier molecular flexibility index (Phi) is 6.72. The van der Waals surface area contributed by atoms with Gasteiger partial charge in [-0.15, -0.1) is 0 Å². The van der Waals surface area contributed by atoms with Crippen LogP contribution >= 0.6 is 11.6 Å². The topological polar surface area (TPSA) is 72.5 Å². The first kappa shape index (κ1) is 21.0. The number of ether oxygens (including phenoxy) is 1. The van der Waals surface area contributed by atoms with E-state index in [-0.39, 0.29) is 23.8 Å². The highest BCUT2D eigenvalue weighted by Crippen LogP contribution is 2.30. The average Bonchev–Trinajstić information content (AvgIpc) is 2.58. The Bertz CT molecular complexity index is 882. The molecule has 0 aliphatic carbocycles. The largest absolute Gasteiger partial charge is 0.492 e. The van der Waals surface area contributed by atoms with E-state index in [4.69, 9.17) is 16.3 Å². The molecule has 0 aromatic heterocycles. The van der Waals surface area contributed by atoms with Crippen LogP contribution in [-0.4, -0.2) is 33.2 Å². The van der Waals surface area contributed by atoms with E-state index in [9.17, 15) is 26.4 Å². The number of rotatable bonds is 7. The van der Waals surface area contributed by atoms with E-state index < -0.39 is 33.2 Å². The van der Waals surface area contributed by atoms with Gasteiger partial charge in [-0.05, 0) is 48.5 Å². The van der Waals surface area contributed by atoms with Gasteiger partial charge in [-0.2, -0.15) is 13.2 Å². The van der Waals surface area contributed by atoms with Gasteiger partial charge in [-0.25, -0.2) is 8.42 Å². The molecular weight excluding hydrogens is 407 g/mol. The molecule has 10 heteroatoms. The van der Waals surface area contributed by atoms with Crippen molar-refractivity contribution in [3.8, 4) is 5.75 Å². The molecule has 0 fully saturated rings. The smallest absolute Gasteiger partial charge is 0.416 e. The van der Waals surface area contributed by atoms with Crippen molar-refractivity contribution in [2.24, 2.45) is 0 Å². The van der Waals surface area contributed by atoms with Gasteiger partial charge in [0.25, 0.3) is 0 Å². The molecule has 0 spiro atoms. The van der Waals surface area contributed by atoms with Gasteiger partial charge in [-0.1, -0.05) is 11.6 Å². The maximum Gasteiger partial charge on any atom is 0.416 e. The van der Waals surface area contributed by atoms with Gasteiger partial charge >= 0.3 is 6.18 Å². The first-order valence-electron chi connectivity index (χ1n) is 7.63. The molecule has 1 amide bonds. The third kappa shape index (κ3) is 6.44. The Morgan fingerprint density at radius 3 is 2.19 bits per heavy atom.